The van der Waals surface area contributed by atoms with Gasteiger partial charge in [-0.1, -0.05) is 43.9 Å². The van der Waals surface area contributed by atoms with Crippen molar-refractivity contribution < 1.29 is 4.79 Å². The van der Waals surface area contributed by atoms with E-state index in [2.05, 4.69) is 15.5 Å². The summed E-state index contributed by atoms with van der Waals surface area (Å²) < 4.78 is 0.841. The molecule has 0 aliphatic carbocycles. The highest BCUT2D eigenvalue weighted by molar-refractivity contribution is 8.01. The van der Waals surface area contributed by atoms with Crippen LogP contribution in [0.5, 0.6) is 0 Å². The number of rotatable bonds is 5. The molecule has 4 nitrogen and oxygen atoms in total. The van der Waals surface area contributed by atoms with E-state index in [1.807, 2.05) is 27.7 Å². The normalized spacial score (nSPS) is 11.5. The molecule has 16 heavy (non-hydrogen) atoms. The Balaban J connectivity index is 2.45. The second-order valence-electron chi connectivity index (χ2n) is 4.37. The Morgan fingerprint density at radius 1 is 1.44 bits per heavy atom. The quantitative estimate of drug-likeness (QED) is 0.824. The van der Waals surface area contributed by atoms with Gasteiger partial charge < -0.3 is 5.32 Å². The lowest BCUT2D eigenvalue weighted by Gasteiger charge is -2.15. The number of ketones is 1. The summed E-state index contributed by atoms with van der Waals surface area (Å²) in [5, 5.41) is 11.9. The SMILES string of the molecule is CCNc1nnc(SCC(=O)C(C)(C)C)s1. The number of carbonyl (C=O) groups excluding carboxylic acids is 1. The third-order valence-electron chi connectivity index (χ3n) is 1.90. The smallest absolute Gasteiger partial charge is 0.206 e. The minimum atomic E-state index is -0.276. The van der Waals surface area contributed by atoms with E-state index in [0.29, 0.717) is 5.75 Å². The van der Waals surface area contributed by atoms with Crippen molar-refractivity contribution in [3.8, 4) is 0 Å². The number of thioether (sulfide) groups is 1. The second-order valence-corrected chi connectivity index (χ2v) is 6.57. The molecule has 0 aliphatic heterocycles. The average molecular weight is 259 g/mol. The molecule has 1 N–H and O–H groups in total. The van der Waals surface area contributed by atoms with Crippen LogP contribution in [0.2, 0.25) is 0 Å². The lowest BCUT2D eigenvalue weighted by Crippen LogP contribution is -2.21. The molecule has 1 heterocycles. The van der Waals surface area contributed by atoms with Crippen molar-refractivity contribution in [2.24, 2.45) is 5.41 Å². The number of hydrogen-bond acceptors (Lipinski definition) is 6. The zero-order valence-electron chi connectivity index (χ0n) is 10.0. The number of carbonyl (C=O) groups is 1. The minimum Gasteiger partial charge on any atom is -0.360 e. The van der Waals surface area contributed by atoms with Gasteiger partial charge in [-0.25, -0.2) is 0 Å². The molecule has 0 spiro atoms. The molecule has 0 aliphatic rings. The maximum atomic E-state index is 11.7. The molecule has 90 valence electrons. The number of Topliss-reactive ketones (excluding diaryl/α,β-unsaturated/α-hetero) is 1. The molecule has 0 fully saturated rings. The fourth-order valence-corrected chi connectivity index (χ4v) is 2.82. The summed E-state index contributed by atoms with van der Waals surface area (Å²) in [6, 6.07) is 0. The maximum Gasteiger partial charge on any atom is 0.206 e. The van der Waals surface area contributed by atoms with Gasteiger partial charge in [0.25, 0.3) is 0 Å². The Morgan fingerprint density at radius 2 is 2.12 bits per heavy atom. The Kier molecular flexibility index (Phi) is 4.73. The Labute approximate surface area is 104 Å². The van der Waals surface area contributed by atoms with Crippen molar-refractivity contribution in [3.05, 3.63) is 0 Å². The zero-order valence-corrected chi connectivity index (χ0v) is 11.7. The van der Waals surface area contributed by atoms with E-state index in [1.54, 1.807) is 0 Å². The molecule has 0 bridgehead atoms. The first kappa shape index (κ1) is 13.4. The van der Waals surface area contributed by atoms with Crippen molar-refractivity contribution in [2.45, 2.75) is 32.0 Å². The minimum absolute atomic E-state index is 0.234. The van der Waals surface area contributed by atoms with E-state index >= 15 is 0 Å². The van der Waals surface area contributed by atoms with Gasteiger partial charge in [0, 0.05) is 12.0 Å². The highest BCUT2D eigenvalue weighted by atomic mass is 32.2. The summed E-state index contributed by atoms with van der Waals surface area (Å²) in [7, 11) is 0. The summed E-state index contributed by atoms with van der Waals surface area (Å²) >= 11 is 2.94. The van der Waals surface area contributed by atoms with Gasteiger partial charge in [0.15, 0.2) is 4.34 Å². The Hall–Kier alpha value is -0.620. The van der Waals surface area contributed by atoms with E-state index in [-0.39, 0.29) is 11.2 Å². The summed E-state index contributed by atoms with van der Waals surface area (Å²) in [6.07, 6.45) is 0. The first-order valence-electron chi connectivity index (χ1n) is 5.17. The van der Waals surface area contributed by atoms with Crippen molar-refractivity contribution in [1.29, 1.82) is 0 Å². The van der Waals surface area contributed by atoms with Gasteiger partial charge in [-0.15, -0.1) is 10.2 Å². The zero-order chi connectivity index (χ0) is 12.2. The predicted molar refractivity (Wildman–Crippen MR) is 69.3 cm³/mol. The van der Waals surface area contributed by atoms with Crippen LogP contribution in [0.1, 0.15) is 27.7 Å². The first-order chi connectivity index (χ1) is 7.43. The lowest BCUT2D eigenvalue weighted by atomic mass is 9.92. The molecule has 1 rings (SSSR count). The summed E-state index contributed by atoms with van der Waals surface area (Å²) in [4.78, 5) is 11.7. The first-order valence-corrected chi connectivity index (χ1v) is 6.97. The summed E-state index contributed by atoms with van der Waals surface area (Å²) in [5.74, 6) is 0.697. The fourth-order valence-electron chi connectivity index (χ4n) is 0.835. The molecule has 0 aromatic carbocycles. The molecule has 1 aromatic heterocycles. The standard InChI is InChI=1S/C10H17N3OS2/c1-5-11-8-12-13-9(16-8)15-6-7(14)10(2,3)4/h5-6H2,1-4H3,(H,11,12). The van der Waals surface area contributed by atoms with Crippen LogP contribution >= 0.6 is 23.1 Å². The largest absolute Gasteiger partial charge is 0.360 e. The van der Waals surface area contributed by atoms with Gasteiger partial charge in [0.05, 0.1) is 5.75 Å². The van der Waals surface area contributed by atoms with Crippen LogP contribution in [0.3, 0.4) is 0 Å². The van der Waals surface area contributed by atoms with Crippen molar-refractivity contribution in [1.82, 2.24) is 10.2 Å². The van der Waals surface area contributed by atoms with Gasteiger partial charge >= 0.3 is 0 Å². The van der Waals surface area contributed by atoms with E-state index in [4.69, 9.17) is 0 Å². The lowest BCUT2D eigenvalue weighted by molar-refractivity contribution is -0.123. The molecular weight excluding hydrogens is 242 g/mol. The second kappa shape index (κ2) is 5.63. The van der Waals surface area contributed by atoms with Gasteiger partial charge in [0.2, 0.25) is 5.13 Å². The van der Waals surface area contributed by atoms with Gasteiger partial charge in [-0.3, -0.25) is 4.79 Å². The van der Waals surface area contributed by atoms with Crippen molar-refractivity contribution in [3.63, 3.8) is 0 Å². The number of anilines is 1. The summed E-state index contributed by atoms with van der Waals surface area (Å²) in [5.41, 5.74) is -0.276. The van der Waals surface area contributed by atoms with Gasteiger partial charge in [-0.2, -0.15) is 0 Å². The number of nitrogens with one attached hydrogen (secondary N) is 1. The van der Waals surface area contributed by atoms with Gasteiger partial charge in [-0.05, 0) is 6.92 Å². The summed E-state index contributed by atoms with van der Waals surface area (Å²) in [6.45, 7) is 8.64. The Morgan fingerprint density at radius 3 is 2.69 bits per heavy atom. The molecule has 1 aromatic rings. The molecule has 0 saturated carbocycles. The Bertz CT molecular complexity index is 357. The van der Waals surface area contributed by atoms with Crippen molar-refractivity contribution >= 4 is 34.0 Å². The third kappa shape index (κ3) is 4.09. The van der Waals surface area contributed by atoms with Crippen LogP contribution in [0.15, 0.2) is 4.34 Å². The van der Waals surface area contributed by atoms with Crippen LogP contribution < -0.4 is 5.32 Å². The average Bonchev–Trinajstić information content (AvgIpc) is 2.61. The molecular formula is C10H17N3OS2. The number of aromatic nitrogens is 2. The van der Waals surface area contributed by atoms with Crippen molar-refractivity contribution in [2.75, 3.05) is 17.6 Å². The highest BCUT2D eigenvalue weighted by Crippen LogP contribution is 2.27. The molecule has 0 amide bonds. The molecule has 0 radical (unpaired) electrons. The molecule has 6 heteroatoms. The van der Waals surface area contributed by atoms with Crippen LogP contribution in [-0.2, 0) is 4.79 Å². The number of hydrogen-bond donors (Lipinski definition) is 1. The van der Waals surface area contributed by atoms with Crippen LogP contribution in [0.4, 0.5) is 5.13 Å². The van der Waals surface area contributed by atoms with Crippen LogP contribution in [-0.4, -0.2) is 28.3 Å². The topological polar surface area (TPSA) is 54.9 Å². The van der Waals surface area contributed by atoms with E-state index in [1.165, 1.54) is 23.1 Å². The van der Waals surface area contributed by atoms with E-state index in [9.17, 15) is 4.79 Å². The van der Waals surface area contributed by atoms with E-state index < -0.39 is 0 Å². The van der Waals surface area contributed by atoms with Crippen LogP contribution in [0.25, 0.3) is 0 Å². The maximum absolute atomic E-state index is 11.7. The molecule has 0 unspecified atom stereocenters. The monoisotopic (exact) mass is 259 g/mol. The van der Waals surface area contributed by atoms with E-state index in [0.717, 1.165) is 16.0 Å². The number of nitrogens with zero attached hydrogens (tertiary/aromatic N) is 2. The third-order valence-corrected chi connectivity index (χ3v) is 3.91. The molecule has 0 saturated heterocycles. The van der Waals surface area contributed by atoms with Gasteiger partial charge in [0.1, 0.15) is 5.78 Å². The fraction of sp³-hybridized carbons (Fsp3) is 0.700. The van der Waals surface area contributed by atoms with Crippen LogP contribution in [0, 0.1) is 5.41 Å². The highest BCUT2D eigenvalue weighted by Gasteiger charge is 2.21. The molecule has 0 atom stereocenters. The predicted octanol–water partition coefficient (Wildman–Crippen LogP) is 2.68.